The molecule has 0 unspecified atom stereocenters. The number of benzene rings is 1. The molecule has 1 saturated heterocycles. The van der Waals surface area contributed by atoms with Gasteiger partial charge >= 0.3 is 5.69 Å². The van der Waals surface area contributed by atoms with E-state index in [4.69, 9.17) is 0 Å². The lowest BCUT2D eigenvalue weighted by molar-refractivity contribution is -0.123. The first-order valence-corrected chi connectivity index (χ1v) is 12.2. The zero-order valence-corrected chi connectivity index (χ0v) is 18.8. The number of fused-ring (bicyclic) bond motifs is 1. The summed E-state index contributed by atoms with van der Waals surface area (Å²) in [4.78, 5) is 43.5. The molecular weight excluding hydrogens is 434 g/mol. The lowest BCUT2D eigenvalue weighted by Gasteiger charge is -2.24. The van der Waals surface area contributed by atoms with Gasteiger partial charge in [-0.2, -0.15) is 0 Å². The predicted octanol–water partition coefficient (Wildman–Crippen LogP) is 0.121. The van der Waals surface area contributed by atoms with Crippen LogP contribution in [-0.2, 0) is 34.3 Å². The molecule has 11 heteroatoms. The van der Waals surface area contributed by atoms with Crippen molar-refractivity contribution in [3.05, 3.63) is 63.1 Å². The molecule has 1 aliphatic rings. The molecule has 1 fully saturated rings. The lowest BCUT2D eigenvalue weighted by Crippen LogP contribution is -2.51. The zero-order valence-electron chi connectivity index (χ0n) is 17.9. The van der Waals surface area contributed by atoms with E-state index in [9.17, 15) is 22.8 Å². The van der Waals surface area contributed by atoms with Gasteiger partial charge in [-0.05, 0) is 25.8 Å². The number of hydrogen-bond acceptors (Lipinski definition) is 6. The summed E-state index contributed by atoms with van der Waals surface area (Å²) in [7, 11) is -3.22. The van der Waals surface area contributed by atoms with Gasteiger partial charge in [0.1, 0.15) is 6.54 Å². The molecule has 3 aromatic rings. The van der Waals surface area contributed by atoms with E-state index < -0.39 is 39.1 Å². The molecule has 0 bridgehead atoms. The Hall–Kier alpha value is -3.21. The molecular formula is C21H25N5O5S. The highest BCUT2D eigenvalue weighted by Gasteiger charge is 2.39. The molecule has 10 nitrogen and oxygen atoms in total. The first-order chi connectivity index (χ1) is 15.1. The minimum absolute atomic E-state index is 0.00471. The summed E-state index contributed by atoms with van der Waals surface area (Å²) in [5, 5.41) is 2.71. The average Bonchev–Trinajstić information content (AvgIpc) is 3.29. The second kappa shape index (κ2) is 8.05. The molecule has 1 aromatic carbocycles. The fraction of sp³-hybridized carbons (Fsp3) is 0.429. The van der Waals surface area contributed by atoms with Crippen molar-refractivity contribution < 1.29 is 13.2 Å². The summed E-state index contributed by atoms with van der Waals surface area (Å²) in [6.45, 7) is 3.66. The molecule has 2 aromatic heterocycles. The highest BCUT2D eigenvalue weighted by molar-refractivity contribution is 7.91. The molecule has 0 saturated carbocycles. The normalized spacial score (nSPS) is 19.9. The number of carbonyl (C=O) groups is 1. The number of hydrogen-bond donors (Lipinski definition) is 1. The molecule has 1 amide bonds. The third-order valence-corrected chi connectivity index (χ3v) is 7.66. The monoisotopic (exact) mass is 459 g/mol. The number of aromatic nitrogens is 4. The third kappa shape index (κ3) is 4.12. The molecule has 3 heterocycles. The van der Waals surface area contributed by atoms with Gasteiger partial charge < -0.3 is 9.88 Å². The number of rotatable bonds is 6. The highest BCUT2D eigenvalue weighted by Crippen LogP contribution is 2.22. The van der Waals surface area contributed by atoms with E-state index in [2.05, 4.69) is 10.3 Å². The maximum Gasteiger partial charge on any atom is 0.333 e. The smallest absolute Gasteiger partial charge is 0.333 e. The molecule has 1 N–H and O–H groups in total. The number of nitrogens with one attached hydrogen (secondary N) is 1. The maximum absolute atomic E-state index is 13.3. The van der Waals surface area contributed by atoms with Crippen LogP contribution in [0.15, 0.2) is 46.2 Å². The van der Waals surface area contributed by atoms with E-state index in [0.29, 0.717) is 6.54 Å². The number of amides is 1. The number of nitrogens with zero attached hydrogens (tertiary/aromatic N) is 4. The van der Waals surface area contributed by atoms with Crippen molar-refractivity contribution in [2.75, 3.05) is 11.5 Å². The van der Waals surface area contributed by atoms with Crippen LogP contribution in [0.5, 0.6) is 0 Å². The van der Waals surface area contributed by atoms with E-state index in [1.165, 1.54) is 10.9 Å². The van der Waals surface area contributed by atoms with Crippen molar-refractivity contribution in [2.45, 2.75) is 45.4 Å². The van der Waals surface area contributed by atoms with Crippen LogP contribution in [0.3, 0.4) is 0 Å². The van der Waals surface area contributed by atoms with Gasteiger partial charge in [0.05, 0.1) is 29.9 Å². The Morgan fingerprint density at radius 3 is 2.53 bits per heavy atom. The van der Waals surface area contributed by atoms with Gasteiger partial charge in [-0.25, -0.2) is 22.8 Å². The molecule has 4 rings (SSSR count). The maximum atomic E-state index is 13.3. The largest absolute Gasteiger partial charge is 0.348 e. The Morgan fingerprint density at radius 2 is 1.91 bits per heavy atom. The second-order valence-corrected chi connectivity index (χ2v) is 10.6. The van der Waals surface area contributed by atoms with Crippen LogP contribution < -0.4 is 16.6 Å². The Balaban J connectivity index is 1.75. The van der Waals surface area contributed by atoms with Gasteiger partial charge in [-0.1, -0.05) is 30.3 Å². The summed E-state index contributed by atoms with van der Waals surface area (Å²) in [6.07, 6.45) is 1.79. The quantitative estimate of drug-likeness (QED) is 0.558. The van der Waals surface area contributed by atoms with E-state index in [0.717, 1.165) is 10.1 Å². The number of sulfone groups is 1. The van der Waals surface area contributed by atoms with Gasteiger partial charge in [0, 0.05) is 6.54 Å². The molecule has 170 valence electrons. The van der Waals surface area contributed by atoms with Crippen molar-refractivity contribution in [1.82, 2.24) is 24.0 Å². The summed E-state index contributed by atoms with van der Waals surface area (Å²) >= 11 is 0. The van der Waals surface area contributed by atoms with Gasteiger partial charge in [0.15, 0.2) is 21.0 Å². The standard InChI is InChI=1S/C21H25N5O5S/c1-3-24-14-22-18-17(24)19(28)26(20(29)25(18)11-15-7-5-4-6-8-15)12-16(27)23-21(2)9-10-32(30,31)13-21/h4-8,14H,3,9-13H2,1-2H3,(H,23,27)/t21-/m0/s1. The molecule has 1 atom stereocenters. The van der Waals surface area contributed by atoms with E-state index in [1.807, 2.05) is 37.3 Å². The summed E-state index contributed by atoms with van der Waals surface area (Å²) < 4.78 is 27.6. The molecule has 0 spiro atoms. The van der Waals surface area contributed by atoms with Crippen LogP contribution in [0, 0.1) is 0 Å². The summed E-state index contributed by atoms with van der Waals surface area (Å²) in [6, 6.07) is 9.28. The number of carbonyl (C=O) groups excluding carboxylic acids is 1. The summed E-state index contributed by atoms with van der Waals surface area (Å²) in [5.41, 5.74) is -0.820. The van der Waals surface area contributed by atoms with Crippen LogP contribution in [0.1, 0.15) is 25.8 Å². The number of imidazole rings is 1. The Labute approximate surface area is 184 Å². The molecule has 0 aliphatic carbocycles. The third-order valence-electron chi connectivity index (χ3n) is 5.75. The van der Waals surface area contributed by atoms with Crippen LogP contribution in [0.4, 0.5) is 0 Å². The zero-order chi connectivity index (χ0) is 23.1. The van der Waals surface area contributed by atoms with Crippen LogP contribution in [0.2, 0.25) is 0 Å². The fourth-order valence-electron chi connectivity index (χ4n) is 4.16. The molecule has 1 aliphatic heterocycles. The van der Waals surface area contributed by atoms with Gasteiger partial charge in [0.25, 0.3) is 5.56 Å². The van der Waals surface area contributed by atoms with Crippen LogP contribution in [0.25, 0.3) is 11.2 Å². The van der Waals surface area contributed by atoms with Gasteiger partial charge in [-0.15, -0.1) is 0 Å². The SMILES string of the molecule is CCn1cnc2c1c(=O)n(CC(=O)N[C@@]1(C)CCS(=O)(=O)C1)c(=O)n2Cc1ccccc1. The van der Waals surface area contributed by atoms with Crippen molar-refractivity contribution in [2.24, 2.45) is 0 Å². The summed E-state index contributed by atoms with van der Waals surface area (Å²) in [5.74, 6) is -0.757. The average molecular weight is 460 g/mol. The van der Waals surface area contributed by atoms with E-state index >= 15 is 0 Å². The van der Waals surface area contributed by atoms with Gasteiger partial charge in [-0.3, -0.25) is 14.2 Å². The number of aryl methyl sites for hydroxylation is 1. The minimum atomic E-state index is -3.22. The first kappa shape index (κ1) is 22.0. The van der Waals surface area contributed by atoms with Gasteiger partial charge in [0.2, 0.25) is 5.91 Å². The van der Waals surface area contributed by atoms with Crippen molar-refractivity contribution in [1.29, 1.82) is 0 Å². The lowest BCUT2D eigenvalue weighted by atomic mass is 10.0. The van der Waals surface area contributed by atoms with E-state index in [-0.39, 0.29) is 35.6 Å². The van der Waals surface area contributed by atoms with Crippen molar-refractivity contribution in [3.63, 3.8) is 0 Å². The minimum Gasteiger partial charge on any atom is -0.348 e. The second-order valence-electron chi connectivity index (χ2n) is 8.40. The Kier molecular flexibility index (Phi) is 5.53. The van der Waals surface area contributed by atoms with Crippen LogP contribution >= 0.6 is 0 Å². The fourth-order valence-corrected chi connectivity index (χ4v) is 6.25. The van der Waals surface area contributed by atoms with Crippen molar-refractivity contribution in [3.8, 4) is 0 Å². The topological polar surface area (TPSA) is 125 Å². The Bertz CT molecular complexity index is 1400. The van der Waals surface area contributed by atoms with Crippen molar-refractivity contribution >= 4 is 26.9 Å². The first-order valence-electron chi connectivity index (χ1n) is 10.4. The highest BCUT2D eigenvalue weighted by atomic mass is 32.2. The predicted molar refractivity (Wildman–Crippen MR) is 119 cm³/mol. The van der Waals surface area contributed by atoms with Crippen LogP contribution in [-0.4, -0.2) is 50.1 Å². The Morgan fingerprint density at radius 1 is 1.19 bits per heavy atom. The molecule has 32 heavy (non-hydrogen) atoms. The van der Waals surface area contributed by atoms with E-state index in [1.54, 1.807) is 11.5 Å². The molecule has 0 radical (unpaired) electrons.